The van der Waals surface area contributed by atoms with Crippen molar-refractivity contribution in [2.75, 3.05) is 0 Å². The Morgan fingerprint density at radius 2 is 1.52 bits per heavy atom. The van der Waals surface area contributed by atoms with E-state index in [1.807, 2.05) is 13.0 Å². The van der Waals surface area contributed by atoms with Crippen molar-refractivity contribution in [2.45, 2.75) is 89.9 Å². The largest absolute Gasteiger partial charge is 0.508 e. The Balaban J connectivity index is 2.02. The average Bonchev–Trinajstić information content (AvgIpc) is 2.53. The summed E-state index contributed by atoms with van der Waals surface area (Å²) in [5.74, 6) is 1.01. The Hall–Kier alpha value is -0.830. The number of hydrogen-bond acceptors (Lipinski definition) is 3. The van der Waals surface area contributed by atoms with Crippen LogP contribution in [0.1, 0.15) is 83.1 Å². The number of hydrogen-bond donors (Lipinski definition) is 2. The maximum absolute atomic E-state index is 9.67. The summed E-state index contributed by atoms with van der Waals surface area (Å²) in [6, 6.07) is 5.37. The van der Waals surface area contributed by atoms with E-state index >= 15 is 0 Å². The number of aromatic hydroxyl groups is 1. The lowest BCUT2D eigenvalue weighted by molar-refractivity contribution is 0.270. The molecule has 1 unspecified atom stereocenters. The van der Waals surface area contributed by atoms with Crippen LogP contribution in [-0.2, 0) is 0 Å². The second-order valence-electron chi connectivity index (χ2n) is 6.44. The number of benzene rings is 1. The van der Waals surface area contributed by atoms with Crippen molar-refractivity contribution in [3.8, 4) is 11.5 Å². The smallest absolute Gasteiger partial charge is 0.141 e. The fourth-order valence-corrected chi connectivity index (χ4v) is 3.04. The zero-order valence-electron chi connectivity index (χ0n) is 14.9. The molecule has 0 aromatic heterocycles. The minimum atomic E-state index is -0.0930. The highest BCUT2D eigenvalue weighted by Crippen LogP contribution is 2.28. The lowest BCUT2D eigenvalue weighted by Gasteiger charge is -2.16. The van der Waals surface area contributed by atoms with Crippen LogP contribution in [0.2, 0.25) is 0 Å². The summed E-state index contributed by atoms with van der Waals surface area (Å²) < 4.78 is 5.81. The molecule has 1 aromatic rings. The molecule has 1 atom stereocenters. The molecule has 0 spiro atoms. The van der Waals surface area contributed by atoms with E-state index in [1.54, 1.807) is 12.1 Å². The highest BCUT2D eigenvalue weighted by molar-refractivity contribution is 7.80. The van der Waals surface area contributed by atoms with Gasteiger partial charge in [-0.25, -0.2) is 0 Å². The molecule has 0 saturated heterocycles. The predicted octanol–water partition coefficient (Wildman–Crippen LogP) is 6.65. The fourth-order valence-electron chi connectivity index (χ4n) is 2.74. The molecular formula is C20H34O2S. The fraction of sp³-hybridized carbons (Fsp3) is 0.700. The van der Waals surface area contributed by atoms with Crippen molar-refractivity contribution in [3.05, 3.63) is 23.8 Å². The lowest BCUT2D eigenvalue weighted by atomic mass is 10.1. The van der Waals surface area contributed by atoms with Crippen molar-refractivity contribution < 1.29 is 9.84 Å². The maximum Gasteiger partial charge on any atom is 0.141 e. The van der Waals surface area contributed by atoms with Crippen LogP contribution in [0.15, 0.2) is 18.2 Å². The Kier molecular flexibility index (Phi) is 11.1. The molecular weight excluding hydrogens is 304 g/mol. The van der Waals surface area contributed by atoms with Crippen LogP contribution in [0.3, 0.4) is 0 Å². The second kappa shape index (κ2) is 12.6. The topological polar surface area (TPSA) is 29.5 Å². The summed E-state index contributed by atoms with van der Waals surface area (Å²) in [5.41, 5.74) is 0.694. The van der Waals surface area contributed by atoms with Crippen molar-refractivity contribution in [2.24, 2.45) is 0 Å². The molecule has 0 radical (unpaired) electrons. The van der Waals surface area contributed by atoms with Crippen LogP contribution < -0.4 is 4.74 Å². The van der Waals surface area contributed by atoms with Gasteiger partial charge in [-0.05, 0) is 31.9 Å². The normalized spacial score (nSPS) is 12.3. The Morgan fingerprint density at radius 3 is 2.13 bits per heavy atom. The van der Waals surface area contributed by atoms with Gasteiger partial charge in [0.25, 0.3) is 0 Å². The molecule has 1 rings (SSSR count). The molecule has 132 valence electrons. The van der Waals surface area contributed by atoms with E-state index in [4.69, 9.17) is 4.74 Å². The van der Waals surface area contributed by atoms with Crippen molar-refractivity contribution in [1.82, 2.24) is 0 Å². The van der Waals surface area contributed by atoms with Gasteiger partial charge in [0, 0.05) is 5.56 Å². The van der Waals surface area contributed by atoms with E-state index in [2.05, 4.69) is 19.6 Å². The van der Waals surface area contributed by atoms with E-state index in [-0.39, 0.29) is 11.2 Å². The molecule has 0 aliphatic carbocycles. The lowest BCUT2D eigenvalue weighted by Crippen LogP contribution is -2.09. The Bertz CT molecular complexity index is 420. The molecule has 0 aliphatic heterocycles. The quantitative estimate of drug-likeness (QED) is 0.240. The van der Waals surface area contributed by atoms with E-state index in [1.165, 1.54) is 57.8 Å². The third kappa shape index (κ3) is 9.14. The van der Waals surface area contributed by atoms with Gasteiger partial charge in [-0.2, -0.15) is 0 Å². The number of thiol groups is 1. The molecule has 1 N–H and O–H groups in total. The minimum Gasteiger partial charge on any atom is -0.508 e. The van der Waals surface area contributed by atoms with E-state index < -0.39 is 0 Å². The highest BCUT2D eigenvalue weighted by Gasteiger charge is 2.09. The third-order valence-corrected chi connectivity index (χ3v) is 4.69. The molecule has 3 heteroatoms. The van der Waals surface area contributed by atoms with E-state index in [9.17, 15) is 5.11 Å². The summed E-state index contributed by atoms with van der Waals surface area (Å²) in [4.78, 5) is 0. The monoisotopic (exact) mass is 338 g/mol. The summed E-state index contributed by atoms with van der Waals surface area (Å²) in [5, 5.41) is 9.67. The first-order valence-electron chi connectivity index (χ1n) is 9.28. The predicted molar refractivity (Wildman–Crippen MR) is 103 cm³/mol. The molecule has 1 aromatic carbocycles. The molecule has 2 nitrogen and oxygen atoms in total. The van der Waals surface area contributed by atoms with Crippen LogP contribution in [0.5, 0.6) is 11.5 Å². The Labute approximate surface area is 148 Å². The number of ether oxygens (including phenoxy) is 1. The number of phenolic OH excluding ortho intramolecular Hbond substituents is 1. The van der Waals surface area contributed by atoms with Crippen molar-refractivity contribution in [1.29, 1.82) is 0 Å². The Morgan fingerprint density at radius 1 is 0.957 bits per heavy atom. The molecule has 0 heterocycles. The van der Waals surface area contributed by atoms with Crippen LogP contribution in [-0.4, -0.2) is 10.5 Å². The highest BCUT2D eigenvalue weighted by atomic mass is 32.1. The number of unbranched alkanes of at least 4 members (excludes halogenated alkanes) is 9. The first-order chi connectivity index (χ1) is 11.1. The molecule has 0 bridgehead atoms. The van der Waals surface area contributed by atoms with Gasteiger partial charge in [0.2, 0.25) is 0 Å². The molecule has 23 heavy (non-hydrogen) atoms. The SMILES string of the molecule is CCCCCCCCCCCCC(S)Oc1cccc(O)c1C. The first kappa shape index (κ1) is 20.2. The summed E-state index contributed by atoms with van der Waals surface area (Å²) >= 11 is 4.51. The van der Waals surface area contributed by atoms with Crippen molar-refractivity contribution >= 4 is 12.6 Å². The van der Waals surface area contributed by atoms with Crippen LogP contribution in [0.25, 0.3) is 0 Å². The minimum absolute atomic E-state index is 0.0930. The number of phenols is 1. The molecule has 0 aliphatic rings. The van der Waals surface area contributed by atoms with Crippen LogP contribution >= 0.6 is 12.6 Å². The van der Waals surface area contributed by atoms with Gasteiger partial charge < -0.3 is 9.84 Å². The van der Waals surface area contributed by atoms with E-state index in [0.717, 1.165) is 24.2 Å². The number of rotatable bonds is 13. The van der Waals surface area contributed by atoms with Gasteiger partial charge in [-0.3, -0.25) is 0 Å². The maximum atomic E-state index is 9.67. The zero-order chi connectivity index (χ0) is 16.9. The summed E-state index contributed by atoms with van der Waals surface area (Å²) in [6.45, 7) is 4.13. The van der Waals surface area contributed by atoms with Crippen molar-refractivity contribution in [3.63, 3.8) is 0 Å². The zero-order valence-corrected chi connectivity index (χ0v) is 15.8. The van der Waals surface area contributed by atoms with Crippen LogP contribution in [0, 0.1) is 6.92 Å². The van der Waals surface area contributed by atoms with Crippen LogP contribution in [0.4, 0.5) is 0 Å². The van der Waals surface area contributed by atoms with E-state index in [0.29, 0.717) is 0 Å². The molecule has 0 saturated carbocycles. The molecule has 0 amide bonds. The summed E-state index contributed by atoms with van der Waals surface area (Å²) in [6.07, 6.45) is 14.4. The molecule has 0 fully saturated rings. The van der Waals surface area contributed by atoms with Gasteiger partial charge in [-0.15, -0.1) is 12.6 Å². The van der Waals surface area contributed by atoms with Gasteiger partial charge in [0.15, 0.2) is 0 Å². The van der Waals surface area contributed by atoms with Gasteiger partial charge in [-0.1, -0.05) is 70.8 Å². The second-order valence-corrected chi connectivity index (χ2v) is 7.02. The average molecular weight is 339 g/mol. The van der Waals surface area contributed by atoms with Gasteiger partial charge in [0.05, 0.1) is 0 Å². The summed E-state index contributed by atoms with van der Waals surface area (Å²) in [7, 11) is 0. The van der Waals surface area contributed by atoms with Gasteiger partial charge in [0.1, 0.15) is 16.9 Å². The van der Waals surface area contributed by atoms with Gasteiger partial charge >= 0.3 is 0 Å². The standard InChI is InChI=1S/C20H34O2S/c1-3-4-5-6-7-8-9-10-11-12-16-20(23)22-19-15-13-14-18(21)17(19)2/h13-15,20-21,23H,3-12,16H2,1-2H3. The first-order valence-corrected chi connectivity index (χ1v) is 9.80. The third-order valence-electron chi connectivity index (χ3n) is 4.32.